The molecule has 0 radical (unpaired) electrons. The maximum Gasteiger partial charge on any atom is 0.105 e. The van der Waals surface area contributed by atoms with Crippen LogP contribution in [0.4, 0.5) is 0 Å². The van der Waals surface area contributed by atoms with Crippen LogP contribution in [-0.2, 0) is 0 Å². The van der Waals surface area contributed by atoms with Crippen molar-refractivity contribution in [2.75, 3.05) is 13.1 Å². The summed E-state index contributed by atoms with van der Waals surface area (Å²) in [7, 11) is 0. The number of rotatable bonds is 2. The third-order valence-electron chi connectivity index (χ3n) is 3.64. The molecule has 0 spiro atoms. The standard InChI is InChI=1S/C10H20N2O/c11-9(10(13)6-12-7-10)8-4-2-1-3-5-8/h8-9,12-13H,1-7,11H2. The van der Waals surface area contributed by atoms with E-state index in [1.165, 1.54) is 32.1 Å². The minimum atomic E-state index is -0.595. The van der Waals surface area contributed by atoms with Gasteiger partial charge in [0.25, 0.3) is 0 Å². The smallest absolute Gasteiger partial charge is 0.105 e. The Morgan fingerprint density at radius 2 is 1.85 bits per heavy atom. The first kappa shape index (κ1) is 9.44. The zero-order valence-electron chi connectivity index (χ0n) is 8.13. The van der Waals surface area contributed by atoms with Crippen molar-refractivity contribution >= 4 is 0 Å². The Hall–Kier alpha value is -0.120. The van der Waals surface area contributed by atoms with Crippen molar-refractivity contribution in [2.24, 2.45) is 11.7 Å². The largest absolute Gasteiger partial charge is 0.386 e. The molecular formula is C10H20N2O. The van der Waals surface area contributed by atoms with E-state index < -0.39 is 5.60 Å². The van der Waals surface area contributed by atoms with E-state index in [9.17, 15) is 5.11 Å². The van der Waals surface area contributed by atoms with Crippen LogP contribution in [0.3, 0.4) is 0 Å². The lowest BCUT2D eigenvalue weighted by Crippen LogP contribution is -2.70. The first-order valence-corrected chi connectivity index (χ1v) is 5.41. The third-order valence-corrected chi connectivity index (χ3v) is 3.64. The van der Waals surface area contributed by atoms with Crippen LogP contribution in [0, 0.1) is 5.92 Å². The highest BCUT2D eigenvalue weighted by Gasteiger charge is 2.43. The molecule has 2 aliphatic rings. The molecule has 1 aliphatic heterocycles. The molecule has 76 valence electrons. The predicted molar refractivity (Wildman–Crippen MR) is 52.4 cm³/mol. The van der Waals surface area contributed by atoms with Crippen LogP contribution in [0.15, 0.2) is 0 Å². The number of hydrogen-bond donors (Lipinski definition) is 3. The summed E-state index contributed by atoms with van der Waals surface area (Å²) in [5.41, 5.74) is 5.50. The van der Waals surface area contributed by atoms with Gasteiger partial charge in [-0.1, -0.05) is 19.3 Å². The SMILES string of the molecule is NC(C1CCCCC1)C1(O)CNC1. The van der Waals surface area contributed by atoms with Gasteiger partial charge in [0.05, 0.1) is 0 Å². The van der Waals surface area contributed by atoms with Gasteiger partial charge >= 0.3 is 0 Å². The molecule has 1 heterocycles. The number of hydrogen-bond acceptors (Lipinski definition) is 3. The van der Waals surface area contributed by atoms with Crippen LogP contribution >= 0.6 is 0 Å². The molecule has 1 aliphatic carbocycles. The van der Waals surface area contributed by atoms with Gasteiger partial charge in [-0.3, -0.25) is 0 Å². The minimum Gasteiger partial charge on any atom is -0.386 e. The Morgan fingerprint density at radius 3 is 2.31 bits per heavy atom. The average molecular weight is 184 g/mol. The summed E-state index contributed by atoms with van der Waals surface area (Å²) in [6, 6.07) is -0.00551. The van der Waals surface area contributed by atoms with Crippen molar-refractivity contribution in [1.82, 2.24) is 5.32 Å². The highest BCUT2D eigenvalue weighted by Crippen LogP contribution is 2.31. The summed E-state index contributed by atoms with van der Waals surface area (Å²) in [4.78, 5) is 0. The molecule has 4 N–H and O–H groups in total. The van der Waals surface area contributed by atoms with E-state index in [-0.39, 0.29) is 6.04 Å². The average Bonchev–Trinajstić information content (AvgIpc) is 2.14. The lowest BCUT2D eigenvalue weighted by molar-refractivity contribution is -0.0520. The Morgan fingerprint density at radius 1 is 1.23 bits per heavy atom. The molecule has 3 heteroatoms. The molecule has 0 bridgehead atoms. The Kier molecular flexibility index (Phi) is 2.58. The Bertz CT molecular complexity index is 174. The molecule has 2 fully saturated rings. The van der Waals surface area contributed by atoms with Crippen molar-refractivity contribution in [3.8, 4) is 0 Å². The second kappa shape index (κ2) is 3.56. The molecule has 0 amide bonds. The fourth-order valence-electron chi connectivity index (χ4n) is 2.55. The van der Waals surface area contributed by atoms with E-state index >= 15 is 0 Å². The van der Waals surface area contributed by atoms with Crippen LogP contribution in [-0.4, -0.2) is 29.8 Å². The predicted octanol–water partition coefficient (Wildman–Crippen LogP) is 0.228. The van der Waals surface area contributed by atoms with Crippen molar-refractivity contribution in [3.05, 3.63) is 0 Å². The van der Waals surface area contributed by atoms with Gasteiger partial charge in [0.15, 0.2) is 0 Å². The topological polar surface area (TPSA) is 58.3 Å². The maximum absolute atomic E-state index is 10.0. The van der Waals surface area contributed by atoms with E-state index in [0.29, 0.717) is 19.0 Å². The van der Waals surface area contributed by atoms with Gasteiger partial charge in [-0.15, -0.1) is 0 Å². The number of β-amino-alcohol motifs (C(OH)–C–C–N with tert-alkyl or cyclic N) is 1. The van der Waals surface area contributed by atoms with Gasteiger partial charge in [0.2, 0.25) is 0 Å². The number of nitrogens with two attached hydrogens (primary N) is 1. The molecule has 1 atom stereocenters. The second-order valence-corrected chi connectivity index (χ2v) is 4.63. The molecule has 1 saturated heterocycles. The van der Waals surface area contributed by atoms with Gasteiger partial charge in [-0.25, -0.2) is 0 Å². The first-order chi connectivity index (χ1) is 6.22. The first-order valence-electron chi connectivity index (χ1n) is 5.41. The highest BCUT2D eigenvalue weighted by molar-refractivity contribution is 5.03. The Balaban J connectivity index is 1.90. The van der Waals surface area contributed by atoms with Crippen molar-refractivity contribution in [2.45, 2.75) is 43.7 Å². The van der Waals surface area contributed by atoms with Gasteiger partial charge < -0.3 is 16.2 Å². The quantitative estimate of drug-likeness (QED) is 0.576. The van der Waals surface area contributed by atoms with Crippen LogP contribution in [0.25, 0.3) is 0 Å². The van der Waals surface area contributed by atoms with E-state index in [2.05, 4.69) is 5.32 Å². The molecular weight excluding hydrogens is 164 g/mol. The van der Waals surface area contributed by atoms with Crippen molar-refractivity contribution in [1.29, 1.82) is 0 Å². The second-order valence-electron chi connectivity index (χ2n) is 4.63. The van der Waals surface area contributed by atoms with E-state index in [1.807, 2.05) is 0 Å². The summed E-state index contributed by atoms with van der Waals surface area (Å²) in [6.07, 6.45) is 6.36. The summed E-state index contributed by atoms with van der Waals surface area (Å²) >= 11 is 0. The fourth-order valence-corrected chi connectivity index (χ4v) is 2.55. The van der Waals surface area contributed by atoms with Gasteiger partial charge in [-0.05, 0) is 18.8 Å². The summed E-state index contributed by atoms with van der Waals surface area (Å²) in [5.74, 6) is 0.556. The van der Waals surface area contributed by atoms with Crippen molar-refractivity contribution in [3.63, 3.8) is 0 Å². The molecule has 2 rings (SSSR count). The maximum atomic E-state index is 10.0. The van der Waals surface area contributed by atoms with Crippen LogP contribution in [0.2, 0.25) is 0 Å². The van der Waals surface area contributed by atoms with Crippen LogP contribution < -0.4 is 11.1 Å². The lowest BCUT2D eigenvalue weighted by Gasteiger charge is -2.46. The van der Waals surface area contributed by atoms with E-state index in [4.69, 9.17) is 5.73 Å². The molecule has 1 unspecified atom stereocenters. The van der Waals surface area contributed by atoms with Crippen LogP contribution in [0.1, 0.15) is 32.1 Å². The van der Waals surface area contributed by atoms with Gasteiger partial charge in [0.1, 0.15) is 5.60 Å². The number of nitrogens with one attached hydrogen (secondary N) is 1. The van der Waals surface area contributed by atoms with Crippen molar-refractivity contribution < 1.29 is 5.11 Å². The zero-order chi connectivity index (χ0) is 9.31. The fraction of sp³-hybridized carbons (Fsp3) is 1.00. The molecule has 0 aromatic carbocycles. The molecule has 1 saturated carbocycles. The molecule has 0 aromatic heterocycles. The zero-order valence-corrected chi connectivity index (χ0v) is 8.13. The molecule has 13 heavy (non-hydrogen) atoms. The van der Waals surface area contributed by atoms with Crippen LogP contribution in [0.5, 0.6) is 0 Å². The normalized spacial score (nSPS) is 30.9. The van der Waals surface area contributed by atoms with Gasteiger partial charge in [-0.2, -0.15) is 0 Å². The van der Waals surface area contributed by atoms with E-state index in [0.717, 1.165) is 0 Å². The number of aliphatic hydroxyl groups is 1. The molecule has 3 nitrogen and oxygen atoms in total. The highest BCUT2D eigenvalue weighted by atomic mass is 16.3. The monoisotopic (exact) mass is 184 g/mol. The van der Waals surface area contributed by atoms with E-state index in [1.54, 1.807) is 0 Å². The summed E-state index contributed by atoms with van der Waals surface area (Å²) < 4.78 is 0. The Labute approximate surface area is 79.7 Å². The summed E-state index contributed by atoms with van der Waals surface area (Å²) in [5, 5.41) is 13.1. The third kappa shape index (κ3) is 1.73. The lowest BCUT2D eigenvalue weighted by atomic mass is 9.75. The molecule has 0 aromatic rings. The van der Waals surface area contributed by atoms with Gasteiger partial charge in [0, 0.05) is 19.1 Å². The summed E-state index contributed by atoms with van der Waals surface area (Å²) in [6.45, 7) is 1.37. The minimum absolute atomic E-state index is 0.00551.